The molecule has 0 bridgehead atoms. The lowest BCUT2D eigenvalue weighted by Crippen LogP contribution is -2.45. The number of anilines is 1. The van der Waals surface area contributed by atoms with Crippen LogP contribution in [0, 0.1) is 11.8 Å². The van der Waals surface area contributed by atoms with Gasteiger partial charge in [-0.15, -0.1) is 0 Å². The standard InChI is InChI=1S/C39H54ClN3O7/c1-4-7-28-22-32(40)11-13-33(28)31-25-43(35-23-29(38(45)39(46)47)10-14-37(35)50-26-31)24-30-9-12-34(30)36(8-5-6-15-41(3)27(2)44)49-21-18-42-16-19-48-20-17-42/h5,8,10-11,13-14,22-23,30-31,34,36,38,45H,4,6-7,9,12,15-21,24-26H2,1-3H3,(H,46,47)/b8-5+. The van der Waals surface area contributed by atoms with Crippen molar-refractivity contribution in [3.8, 4) is 5.75 Å². The number of aliphatic carboxylic acids is 1. The molecule has 0 radical (unpaired) electrons. The number of halogens is 1. The number of amides is 1. The van der Waals surface area contributed by atoms with Crippen LogP contribution in [-0.4, -0.2) is 111 Å². The topological polar surface area (TPSA) is 112 Å². The van der Waals surface area contributed by atoms with Gasteiger partial charge in [0.1, 0.15) is 5.75 Å². The highest BCUT2D eigenvalue weighted by atomic mass is 35.5. The Morgan fingerprint density at radius 3 is 2.66 bits per heavy atom. The predicted octanol–water partition coefficient (Wildman–Crippen LogP) is 5.56. The molecule has 1 aliphatic carbocycles. The number of ether oxygens (including phenoxy) is 3. The molecule has 50 heavy (non-hydrogen) atoms. The van der Waals surface area contributed by atoms with E-state index in [9.17, 15) is 19.8 Å². The molecule has 2 N–H and O–H groups in total. The van der Waals surface area contributed by atoms with Gasteiger partial charge >= 0.3 is 5.97 Å². The van der Waals surface area contributed by atoms with Crippen LogP contribution in [0.3, 0.4) is 0 Å². The average Bonchev–Trinajstić information content (AvgIpc) is 3.27. The van der Waals surface area contributed by atoms with E-state index in [1.165, 1.54) is 11.1 Å². The van der Waals surface area contributed by atoms with Crippen molar-refractivity contribution in [2.24, 2.45) is 11.8 Å². The predicted molar refractivity (Wildman–Crippen MR) is 195 cm³/mol. The summed E-state index contributed by atoms with van der Waals surface area (Å²) in [5, 5.41) is 20.8. The molecule has 2 heterocycles. The highest BCUT2D eigenvalue weighted by molar-refractivity contribution is 6.30. The van der Waals surface area contributed by atoms with Gasteiger partial charge in [0, 0.05) is 64.2 Å². The van der Waals surface area contributed by atoms with Crippen molar-refractivity contribution < 1.29 is 34.0 Å². The third kappa shape index (κ3) is 10.0. The summed E-state index contributed by atoms with van der Waals surface area (Å²) in [6, 6.07) is 11.3. The molecule has 5 unspecified atom stereocenters. The van der Waals surface area contributed by atoms with Crippen molar-refractivity contribution in [2.45, 2.75) is 64.1 Å². The van der Waals surface area contributed by atoms with Crippen LogP contribution in [0.2, 0.25) is 5.02 Å². The number of aryl methyl sites for hydroxylation is 1. The minimum Gasteiger partial charge on any atom is -0.491 e. The van der Waals surface area contributed by atoms with Gasteiger partial charge in [-0.1, -0.05) is 49.2 Å². The van der Waals surface area contributed by atoms with Gasteiger partial charge in [-0.3, -0.25) is 9.69 Å². The van der Waals surface area contributed by atoms with E-state index in [1.807, 2.05) is 13.1 Å². The molecule has 1 amide bonds. The number of aliphatic hydroxyl groups excluding tert-OH is 1. The number of hydrogen-bond donors (Lipinski definition) is 2. The Morgan fingerprint density at radius 2 is 1.96 bits per heavy atom. The first-order chi connectivity index (χ1) is 24.1. The Kier molecular flexibility index (Phi) is 14.0. The number of hydrogen-bond acceptors (Lipinski definition) is 8. The first kappa shape index (κ1) is 38.1. The molecule has 3 aliphatic rings. The van der Waals surface area contributed by atoms with Gasteiger partial charge in [0.2, 0.25) is 5.91 Å². The lowest BCUT2D eigenvalue weighted by atomic mass is 9.70. The summed E-state index contributed by atoms with van der Waals surface area (Å²) in [6.07, 6.45) is 7.41. The van der Waals surface area contributed by atoms with Crippen LogP contribution in [0.25, 0.3) is 0 Å². The SMILES string of the molecule is CCCc1cc(Cl)ccc1C1COc2ccc(C(O)C(=O)O)cc2N(CC2CCC2C(/C=C/CCN(C)C(C)=O)OCCN2CCOCC2)C1. The van der Waals surface area contributed by atoms with Crippen molar-refractivity contribution in [1.82, 2.24) is 9.80 Å². The summed E-state index contributed by atoms with van der Waals surface area (Å²) in [6.45, 7) is 11.1. The van der Waals surface area contributed by atoms with E-state index >= 15 is 0 Å². The molecule has 1 saturated heterocycles. The maximum Gasteiger partial charge on any atom is 0.337 e. The molecule has 11 heteroatoms. The van der Waals surface area contributed by atoms with Gasteiger partial charge in [0.25, 0.3) is 0 Å². The van der Waals surface area contributed by atoms with Crippen LogP contribution in [0.4, 0.5) is 5.69 Å². The Balaban J connectivity index is 1.38. The third-order valence-electron chi connectivity index (χ3n) is 10.5. The zero-order valence-corrected chi connectivity index (χ0v) is 30.5. The zero-order chi connectivity index (χ0) is 35.6. The summed E-state index contributed by atoms with van der Waals surface area (Å²) in [7, 11) is 1.82. The van der Waals surface area contributed by atoms with Crippen LogP contribution in [0.15, 0.2) is 48.6 Å². The van der Waals surface area contributed by atoms with Gasteiger partial charge in [0.15, 0.2) is 6.10 Å². The normalized spacial score (nSPS) is 22.3. The van der Waals surface area contributed by atoms with Crippen molar-refractivity contribution >= 4 is 29.2 Å². The molecule has 0 aromatic heterocycles. The number of carboxylic acid groups (broad SMARTS) is 1. The van der Waals surface area contributed by atoms with E-state index in [0.29, 0.717) is 49.5 Å². The number of aliphatic hydroxyl groups is 1. The summed E-state index contributed by atoms with van der Waals surface area (Å²) >= 11 is 6.44. The quantitative estimate of drug-likeness (QED) is 0.216. The van der Waals surface area contributed by atoms with Crippen molar-refractivity contribution in [3.05, 3.63) is 70.3 Å². The Labute approximate surface area is 301 Å². The number of benzene rings is 2. The van der Waals surface area contributed by atoms with E-state index in [2.05, 4.69) is 41.0 Å². The largest absolute Gasteiger partial charge is 0.491 e. The van der Waals surface area contributed by atoms with E-state index in [-0.39, 0.29) is 17.9 Å². The number of rotatable bonds is 16. The zero-order valence-electron chi connectivity index (χ0n) is 29.8. The molecule has 1 saturated carbocycles. The molecule has 0 spiro atoms. The molecule has 2 aromatic rings. The number of nitrogens with zero attached hydrogens (tertiary/aromatic N) is 3. The summed E-state index contributed by atoms with van der Waals surface area (Å²) < 4.78 is 18.6. The van der Waals surface area contributed by atoms with Gasteiger partial charge in [-0.2, -0.15) is 0 Å². The van der Waals surface area contributed by atoms with Crippen molar-refractivity contribution in [2.75, 3.05) is 77.6 Å². The maximum absolute atomic E-state index is 11.7. The van der Waals surface area contributed by atoms with Crippen LogP contribution in [-0.2, 0) is 25.5 Å². The molecule has 5 atom stereocenters. The van der Waals surface area contributed by atoms with Crippen LogP contribution < -0.4 is 9.64 Å². The van der Waals surface area contributed by atoms with Gasteiger partial charge < -0.3 is 34.2 Å². The number of carbonyl (C=O) groups is 2. The minimum atomic E-state index is -1.62. The van der Waals surface area contributed by atoms with E-state index in [1.54, 1.807) is 30.0 Å². The second kappa shape index (κ2) is 18.4. The molecule has 2 aliphatic heterocycles. The monoisotopic (exact) mass is 711 g/mol. The second-order valence-corrected chi connectivity index (χ2v) is 14.4. The Hall–Kier alpha value is -3.15. The van der Waals surface area contributed by atoms with E-state index in [0.717, 1.165) is 82.2 Å². The molecule has 2 fully saturated rings. The highest BCUT2D eigenvalue weighted by Crippen LogP contribution is 2.43. The van der Waals surface area contributed by atoms with Gasteiger partial charge in [-0.25, -0.2) is 4.79 Å². The summed E-state index contributed by atoms with van der Waals surface area (Å²) in [5.41, 5.74) is 3.56. The summed E-state index contributed by atoms with van der Waals surface area (Å²) in [4.78, 5) is 29.9. The summed E-state index contributed by atoms with van der Waals surface area (Å²) in [5.74, 6) is 0.135. The van der Waals surface area contributed by atoms with Gasteiger partial charge in [-0.05, 0) is 78.5 Å². The van der Waals surface area contributed by atoms with E-state index in [4.69, 9.17) is 25.8 Å². The molecule has 5 rings (SSSR count). The lowest BCUT2D eigenvalue weighted by Gasteiger charge is -2.44. The smallest absolute Gasteiger partial charge is 0.337 e. The molecular weight excluding hydrogens is 658 g/mol. The van der Waals surface area contributed by atoms with E-state index < -0.39 is 12.1 Å². The first-order valence-electron chi connectivity index (χ1n) is 18.2. The van der Waals surface area contributed by atoms with Gasteiger partial charge in [0.05, 0.1) is 38.2 Å². The lowest BCUT2D eigenvalue weighted by molar-refractivity contribution is -0.147. The Morgan fingerprint density at radius 1 is 1.16 bits per heavy atom. The molecule has 10 nitrogen and oxygen atoms in total. The number of fused-ring (bicyclic) bond motifs is 1. The van der Waals surface area contributed by atoms with Crippen LogP contribution in [0.5, 0.6) is 5.75 Å². The number of carbonyl (C=O) groups excluding carboxylic acids is 1. The van der Waals surface area contributed by atoms with Crippen LogP contribution in [0.1, 0.15) is 68.2 Å². The highest BCUT2D eigenvalue weighted by Gasteiger charge is 2.39. The second-order valence-electron chi connectivity index (χ2n) is 13.9. The Bertz CT molecular complexity index is 1470. The first-order valence-corrected chi connectivity index (χ1v) is 18.5. The van der Waals surface area contributed by atoms with Crippen molar-refractivity contribution in [3.63, 3.8) is 0 Å². The maximum atomic E-state index is 11.7. The number of carboxylic acids is 1. The number of morpholine rings is 1. The molecule has 274 valence electrons. The average molecular weight is 712 g/mol. The van der Waals surface area contributed by atoms with Crippen LogP contribution >= 0.6 is 11.6 Å². The fourth-order valence-electron chi connectivity index (χ4n) is 7.30. The minimum absolute atomic E-state index is 0.0511. The molecular formula is C39H54ClN3O7. The fraction of sp³-hybridized carbons (Fsp3) is 0.590. The molecule has 2 aromatic carbocycles. The fourth-order valence-corrected chi connectivity index (χ4v) is 7.50. The third-order valence-corrected chi connectivity index (χ3v) is 10.7. The van der Waals surface area contributed by atoms with Crippen molar-refractivity contribution in [1.29, 1.82) is 0 Å².